The van der Waals surface area contributed by atoms with Crippen LogP contribution in [0.25, 0.3) is 0 Å². The minimum Gasteiger partial charge on any atom is -0.392 e. The van der Waals surface area contributed by atoms with Crippen LogP contribution in [0, 0.1) is 5.92 Å². The summed E-state index contributed by atoms with van der Waals surface area (Å²) in [5.74, 6) is -0.525. The van der Waals surface area contributed by atoms with Crippen molar-refractivity contribution in [1.29, 1.82) is 0 Å². The van der Waals surface area contributed by atoms with E-state index in [1.54, 1.807) is 21.0 Å². The number of rotatable bonds is 5. The number of aliphatic hydroxyl groups is 1. The average Bonchev–Trinajstić information content (AvgIpc) is 2.03. The van der Waals surface area contributed by atoms with Gasteiger partial charge in [-0.05, 0) is 13.3 Å². The van der Waals surface area contributed by atoms with Gasteiger partial charge in [-0.3, -0.25) is 4.79 Å². The number of carbonyl (C=O) groups excluding carboxylic acids is 1. The summed E-state index contributed by atoms with van der Waals surface area (Å²) in [5, 5.41) is 9.79. The number of amides is 1. The van der Waals surface area contributed by atoms with Gasteiger partial charge in [0.15, 0.2) is 0 Å². The summed E-state index contributed by atoms with van der Waals surface area (Å²) in [4.78, 5) is 13.2. The lowest BCUT2D eigenvalue weighted by molar-refractivity contribution is -0.135. The van der Waals surface area contributed by atoms with Crippen LogP contribution in [0.2, 0.25) is 0 Å². The Kier molecular flexibility index (Phi) is 5.46. The molecule has 82 valence electrons. The minimum absolute atomic E-state index is 0.0709. The molecule has 0 aromatic carbocycles. The molecule has 3 nitrogen and oxygen atoms in total. The Morgan fingerprint density at radius 2 is 2.00 bits per heavy atom. The number of hydrogen-bond donors (Lipinski definition) is 1. The highest BCUT2D eigenvalue weighted by Crippen LogP contribution is 2.19. The van der Waals surface area contributed by atoms with Crippen LogP contribution in [0.4, 0.5) is 0 Å². The molecule has 14 heavy (non-hydrogen) atoms. The topological polar surface area (TPSA) is 40.5 Å². The van der Waals surface area contributed by atoms with Gasteiger partial charge in [-0.25, -0.2) is 0 Å². The summed E-state index contributed by atoms with van der Waals surface area (Å²) in [5.41, 5.74) is 0.727. The lowest BCUT2D eigenvalue weighted by Crippen LogP contribution is -2.37. The summed E-state index contributed by atoms with van der Waals surface area (Å²) in [7, 11) is 3.38. The fourth-order valence-corrected chi connectivity index (χ4v) is 1.44. The third-order valence-electron chi connectivity index (χ3n) is 2.21. The highest BCUT2D eigenvalue weighted by molar-refractivity contribution is 5.81. The van der Waals surface area contributed by atoms with Gasteiger partial charge in [0.1, 0.15) is 0 Å². The van der Waals surface area contributed by atoms with Crippen molar-refractivity contribution in [3.05, 3.63) is 12.2 Å². The fourth-order valence-electron chi connectivity index (χ4n) is 1.44. The van der Waals surface area contributed by atoms with Gasteiger partial charge >= 0.3 is 0 Å². The van der Waals surface area contributed by atoms with Crippen molar-refractivity contribution in [1.82, 2.24) is 4.90 Å². The molecular weight excluding hydrogens is 178 g/mol. The smallest absolute Gasteiger partial charge is 0.231 e. The summed E-state index contributed by atoms with van der Waals surface area (Å²) in [6.07, 6.45) is 0.898. The van der Waals surface area contributed by atoms with Gasteiger partial charge in [-0.2, -0.15) is 0 Å². The molecule has 0 spiro atoms. The highest BCUT2D eigenvalue weighted by atomic mass is 16.3. The monoisotopic (exact) mass is 199 g/mol. The third-order valence-corrected chi connectivity index (χ3v) is 2.21. The summed E-state index contributed by atoms with van der Waals surface area (Å²) >= 11 is 0. The largest absolute Gasteiger partial charge is 0.392 e. The molecule has 0 unspecified atom stereocenters. The number of nitrogens with zero attached hydrogens (tertiary/aromatic N) is 1. The average molecular weight is 199 g/mol. The lowest BCUT2D eigenvalue weighted by atomic mass is 9.91. The molecule has 0 aliphatic rings. The van der Waals surface area contributed by atoms with Crippen molar-refractivity contribution in [3.8, 4) is 0 Å². The van der Waals surface area contributed by atoms with Crippen molar-refractivity contribution in [2.24, 2.45) is 5.92 Å². The van der Waals surface area contributed by atoms with E-state index in [1.165, 1.54) is 4.90 Å². The third kappa shape index (κ3) is 3.50. The normalized spacial score (nSPS) is 14.6. The Morgan fingerprint density at radius 3 is 2.29 bits per heavy atom. The molecule has 1 N–H and O–H groups in total. The quantitative estimate of drug-likeness (QED) is 0.680. The molecule has 0 saturated heterocycles. The fraction of sp³-hybridized carbons (Fsp3) is 0.727. The second-order valence-electron chi connectivity index (χ2n) is 3.91. The van der Waals surface area contributed by atoms with Gasteiger partial charge < -0.3 is 10.0 Å². The van der Waals surface area contributed by atoms with Crippen molar-refractivity contribution >= 4 is 5.91 Å². The predicted molar refractivity (Wildman–Crippen MR) is 57.9 cm³/mol. The summed E-state index contributed by atoms with van der Waals surface area (Å²) < 4.78 is 0. The van der Waals surface area contributed by atoms with Gasteiger partial charge in [0, 0.05) is 14.1 Å². The van der Waals surface area contributed by atoms with Gasteiger partial charge in [0.2, 0.25) is 5.91 Å². The van der Waals surface area contributed by atoms with Crippen LogP contribution in [-0.4, -0.2) is 36.1 Å². The van der Waals surface area contributed by atoms with Crippen LogP contribution in [0.15, 0.2) is 12.2 Å². The molecule has 0 bridgehead atoms. The maximum atomic E-state index is 11.7. The van der Waals surface area contributed by atoms with Crippen LogP contribution in [0.1, 0.15) is 26.7 Å². The Bertz CT molecular complexity index is 211. The van der Waals surface area contributed by atoms with Gasteiger partial charge in [0.05, 0.1) is 12.0 Å². The van der Waals surface area contributed by atoms with E-state index in [9.17, 15) is 9.90 Å². The van der Waals surface area contributed by atoms with E-state index < -0.39 is 12.0 Å². The van der Waals surface area contributed by atoms with Crippen LogP contribution in [-0.2, 0) is 4.79 Å². The molecule has 0 aromatic rings. The first-order valence-electron chi connectivity index (χ1n) is 4.96. The number of hydrogen-bond acceptors (Lipinski definition) is 2. The lowest BCUT2D eigenvalue weighted by Gasteiger charge is -2.25. The summed E-state index contributed by atoms with van der Waals surface area (Å²) in [6.45, 7) is 7.52. The number of carbonyl (C=O) groups is 1. The molecule has 0 aromatic heterocycles. The Labute approximate surface area is 86.4 Å². The zero-order valence-electron chi connectivity index (χ0n) is 9.58. The second kappa shape index (κ2) is 5.81. The maximum Gasteiger partial charge on any atom is 0.231 e. The van der Waals surface area contributed by atoms with E-state index in [2.05, 4.69) is 6.58 Å². The predicted octanol–water partition coefficient (Wildman–Crippen LogP) is 1.43. The van der Waals surface area contributed by atoms with Crippen LogP contribution >= 0.6 is 0 Å². The van der Waals surface area contributed by atoms with Crippen molar-refractivity contribution < 1.29 is 9.90 Å². The number of aliphatic hydroxyl groups excluding tert-OH is 1. The standard InChI is InChI=1S/C11H21NO2/c1-6-7-9(13)10(8(2)3)11(14)12(4)5/h9-10,13H,2,6-7H2,1,3-5H3/t9-,10-/m1/s1. The molecular formula is C11H21NO2. The molecule has 0 aliphatic heterocycles. The van der Waals surface area contributed by atoms with Crippen molar-refractivity contribution in [2.45, 2.75) is 32.8 Å². The van der Waals surface area contributed by atoms with Gasteiger partial charge in [-0.1, -0.05) is 25.5 Å². The van der Waals surface area contributed by atoms with E-state index in [1.807, 2.05) is 6.92 Å². The molecule has 3 heteroatoms. The highest BCUT2D eigenvalue weighted by Gasteiger charge is 2.27. The summed E-state index contributed by atoms with van der Waals surface area (Å²) in [6, 6.07) is 0. The first-order chi connectivity index (χ1) is 6.41. The van der Waals surface area contributed by atoms with E-state index >= 15 is 0 Å². The Balaban J connectivity index is 4.59. The zero-order chi connectivity index (χ0) is 11.3. The minimum atomic E-state index is -0.604. The second-order valence-corrected chi connectivity index (χ2v) is 3.91. The van der Waals surface area contributed by atoms with Gasteiger partial charge in [-0.15, -0.1) is 0 Å². The Morgan fingerprint density at radius 1 is 1.50 bits per heavy atom. The van der Waals surface area contributed by atoms with Crippen LogP contribution < -0.4 is 0 Å². The maximum absolute atomic E-state index is 11.7. The van der Waals surface area contributed by atoms with Crippen molar-refractivity contribution in [2.75, 3.05) is 14.1 Å². The first-order valence-corrected chi connectivity index (χ1v) is 4.96. The van der Waals surface area contributed by atoms with E-state index in [0.29, 0.717) is 6.42 Å². The first kappa shape index (κ1) is 13.2. The van der Waals surface area contributed by atoms with Crippen LogP contribution in [0.5, 0.6) is 0 Å². The SMILES string of the molecule is C=C(C)[C@@H](C(=O)N(C)C)[C@H](O)CCC. The Hall–Kier alpha value is -0.830. The molecule has 0 rings (SSSR count). The van der Waals surface area contributed by atoms with Crippen molar-refractivity contribution in [3.63, 3.8) is 0 Å². The molecule has 0 fully saturated rings. The molecule has 1 amide bonds. The molecule has 2 atom stereocenters. The zero-order valence-corrected chi connectivity index (χ0v) is 9.58. The molecule has 0 radical (unpaired) electrons. The van der Waals surface area contributed by atoms with Gasteiger partial charge in [0.25, 0.3) is 0 Å². The van der Waals surface area contributed by atoms with Crippen LogP contribution in [0.3, 0.4) is 0 Å². The molecule has 0 aliphatic carbocycles. The van der Waals surface area contributed by atoms with E-state index in [0.717, 1.165) is 12.0 Å². The molecule has 0 saturated carbocycles. The van der Waals surface area contributed by atoms with E-state index in [4.69, 9.17) is 0 Å². The molecule has 0 heterocycles. The van der Waals surface area contributed by atoms with E-state index in [-0.39, 0.29) is 5.91 Å².